The van der Waals surface area contributed by atoms with Crippen LogP contribution in [0, 0.1) is 0 Å². The molecule has 4 rings (SSSR count). The molecule has 1 aromatic carbocycles. The Labute approximate surface area is 169 Å². The molecule has 2 amide bonds. The van der Waals surface area contributed by atoms with Crippen molar-refractivity contribution in [1.82, 2.24) is 20.2 Å². The van der Waals surface area contributed by atoms with Crippen molar-refractivity contribution in [2.75, 3.05) is 33.4 Å². The third-order valence-corrected chi connectivity index (χ3v) is 5.55. The number of rotatable bonds is 3. The number of fused-ring (bicyclic) bond motifs is 2. The highest BCUT2D eigenvalue weighted by Crippen LogP contribution is 2.40. The lowest BCUT2D eigenvalue weighted by atomic mass is 9.83. The molecule has 0 saturated carbocycles. The molecule has 1 spiro atoms. The summed E-state index contributed by atoms with van der Waals surface area (Å²) in [6.07, 6.45) is 3.99. The van der Waals surface area contributed by atoms with Crippen LogP contribution >= 0.6 is 0 Å². The molecule has 2 aromatic rings. The van der Waals surface area contributed by atoms with E-state index in [9.17, 15) is 9.59 Å². The first-order chi connectivity index (χ1) is 14.1. The Morgan fingerprint density at radius 1 is 1.24 bits per heavy atom. The van der Waals surface area contributed by atoms with E-state index >= 15 is 0 Å². The summed E-state index contributed by atoms with van der Waals surface area (Å²) >= 11 is 0. The number of hydrogen-bond acceptors (Lipinski definition) is 6. The number of likely N-dealkylation sites (tertiary alicyclic amines) is 1. The SMILES string of the molecule is COC(=O)CNC(=O)N1CCC2(CC1)OCCc1cnc(-c3ccccc3)nc12. The number of aromatic nitrogens is 2. The molecular weight excluding hydrogens is 372 g/mol. The van der Waals surface area contributed by atoms with Gasteiger partial charge in [0.25, 0.3) is 0 Å². The molecule has 1 N–H and O–H groups in total. The number of nitrogens with one attached hydrogen (secondary N) is 1. The first kappa shape index (κ1) is 19.3. The number of urea groups is 1. The van der Waals surface area contributed by atoms with Gasteiger partial charge >= 0.3 is 12.0 Å². The lowest BCUT2D eigenvalue weighted by Crippen LogP contribution is -2.51. The maximum atomic E-state index is 12.3. The summed E-state index contributed by atoms with van der Waals surface area (Å²) < 4.78 is 10.8. The molecule has 0 atom stereocenters. The molecule has 0 bridgehead atoms. The standard InChI is InChI=1S/C21H24N4O4/c1-28-17(26)14-23-20(27)25-10-8-21(9-11-25)18-16(7-12-29-21)13-22-19(24-18)15-5-3-2-4-6-15/h2-6,13H,7-12,14H2,1H3,(H,23,27). The van der Waals surface area contributed by atoms with Crippen LogP contribution in [-0.2, 0) is 26.3 Å². The number of methoxy groups -OCH3 is 1. The Morgan fingerprint density at radius 2 is 2.00 bits per heavy atom. The second-order valence-electron chi connectivity index (χ2n) is 7.25. The second kappa shape index (κ2) is 8.16. The van der Waals surface area contributed by atoms with Crippen LogP contribution in [0.25, 0.3) is 11.4 Å². The number of esters is 1. The van der Waals surface area contributed by atoms with E-state index in [-0.39, 0.29) is 12.6 Å². The van der Waals surface area contributed by atoms with Gasteiger partial charge in [-0.3, -0.25) is 4.79 Å². The van der Waals surface area contributed by atoms with E-state index in [1.54, 1.807) is 4.90 Å². The zero-order valence-electron chi connectivity index (χ0n) is 16.4. The number of piperidine rings is 1. The maximum Gasteiger partial charge on any atom is 0.325 e. The maximum absolute atomic E-state index is 12.3. The van der Waals surface area contributed by atoms with Crippen molar-refractivity contribution >= 4 is 12.0 Å². The van der Waals surface area contributed by atoms with E-state index in [4.69, 9.17) is 9.72 Å². The molecule has 29 heavy (non-hydrogen) atoms. The van der Waals surface area contributed by atoms with E-state index in [1.807, 2.05) is 36.5 Å². The number of ether oxygens (including phenoxy) is 2. The van der Waals surface area contributed by atoms with Crippen LogP contribution in [0.4, 0.5) is 4.79 Å². The number of hydrogen-bond donors (Lipinski definition) is 1. The van der Waals surface area contributed by atoms with Crippen LogP contribution in [0.15, 0.2) is 36.5 Å². The van der Waals surface area contributed by atoms with Crippen molar-refractivity contribution in [3.8, 4) is 11.4 Å². The zero-order valence-corrected chi connectivity index (χ0v) is 16.4. The summed E-state index contributed by atoms with van der Waals surface area (Å²) in [6.45, 7) is 1.54. The van der Waals surface area contributed by atoms with E-state index in [2.05, 4.69) is 15.0 Å². The third-order valence-electron chi connectivity index (χ3n) is 5.55. The van der Waals surface area contributed by atoms with Crippen molar-refractivity contribution in [1.29, 1.82) is 0 Å². The smallest absolute Gasteiger partial charge is 0.325 e. The average molecular weight is 396 g/mol. The van der Waals surface area contributed by atoms with Crippen LogP contribution < -0.4 is 5.32 Å². The minimum absolute atomic E-state index is 0.135. The van der Waals surface area contributed by atoms with Crippen molar-refractivity contribution in [2.45, 2.75) is 24.9 Å². The Bertz CT molecular complexity index is 895. The van der Waals surface area contributed by atoms with Crippen molar-refractivity contribution in [2.24, 2.45) is 0 Å². The van der Waals surface area contributed by atoms with Gasteiger partial charge in [-0.25, -0.2) is 14.8 Å². The Hall–Kier alpha value is -3.00. The highest BCUT2D eigenvalue weighted by Gasteiger charge is 2.43. The lowest BCUT2D eigenvalue weighted by Gasteiger charge is -2.44. The van der Waals surface area contributed by atoms with E-state index in [0.29, 0.717) is 38.4 Å². The molecule has 0 radical (unpaired) electrons. The van der Waals surface area contributed by atoms with E-state index in [0.717, 1.165) is 23.2 Å². The van der Waals surface area contributed by atoms with E-state index < -0.39 is 11.6 Å². The number of carbonyl (C=O) groups is 2. The average Bonchev–Trinajstić information content (AvgIpc) is 2.78. The first-order valence-corrected chi connectivity index (χ1v) is 9.77. The van der Waals surface area contributed by atoms with Crippen LogP contribution in [-0.4, -0.2) is 60.2 Å². The predicted molar refractivity (Wildman–Crippen MR) is 105 cm³/mol. The normalized spacial score (nSPS) is 17.5. The highest BCUT2D eigenvalue weighted by atomic mass is 16.5. The Balaban J connectivity index is 1.51. The van der Waals surface area contributed by atoms with Crippen molar-refractivity contribution < 1.29 is 19.1 Å². The van der Waals surface area contributed by atoms with Gasteiger partial charge in [-0.05, 0) is 24.8 Å². The molecule has 3 heterocycles. The van der Waals surface area contributed by atoms with Gasteiger partial charge in [0.2, 0.25) is 0 Å². The fraction of sp³-hybridized carbons (Fsp3) is 0.429. The molecule has 8 heteroatoms. The zero-order chi connectivity index (χ0) is 20.3. The van der Waals surface area contributed by atoms with Gasteiger partial charge in [0.15, 0.2) is 5.82 Å². The van der Waals surface area contributed by atoms with Gasteiger partial charge in [0, 0.05) is 24.8 Å². The molecule has 0 unspecified atom stereocenters. The van der Waals surface area contributed by atoms with Gasteiger partial charge < -0.3 is 19.7 Å². The van der Waals surface area contributed by atoms with Gasteiger partial charge in [-0.15, -0.1) is 0 Å². The number of amides is 2. The molecule has 1 aromatic heterocycles. The van der Waals surface area contributed by atoms with Crippen LogP contribution in [0.2, 0.25) is 0 Å². The summed E-state index contributed by atoms with van der Waals surface area (Å²) in [5.41, 5.74) is 2.52. The van der Waals surface area contributed by atoms with Crippen LogP contribution in [0.5, 0.6) is 0 Å². The molecular formula is C21H24N4O4. The minimum Gasteiger partial charge on any atom is -0.468 e. The Morgan fingerprint density at radius 3 is 2.72 bits per heavy atom. The molecule has 2 aliphatic heterocycles. The number of carbonyl (C=O) groups excluding carboxylic acids is 2. The number of nitrogens with zero attached hydrogens (tertiary/aromatic N) is 3. The van der Waals surface area contributed by atoms with E-state index in [1.165, 1.54) is 7.11 Å². The monoisotopic (exact) mass is 396 g/mol. The summed E-state index contributed by atoms with van der Waals surface area (Å²) in [4.78, 5) is 34.7. The minimum atomic E-state index is -0.501. The summed E-state index contributed by atoms with van der Waals surface area (Å²) in [7, 11) is 1.29. The summed E-state index contributed by atoms with van der Waals surface area (Å²) in [6, 6.07) is 9.62. The first-order valence-electron chi connectivity index (χ1n) is 9.77. The molecule has 8 nitrogen and oxygen atoms in total. The quantitative estimate of drug-likeness (QED) is 0.797. The highest BCUT2D eigenvalue weighted by molar-refractivity contribution is 5.80. The van der Waals surface area contributed by atoms with Crippen molar-refractivity contribution in [3.63, 3.8) is 0 Å². The lowest BCUT2D eigenvalue weighted by molar-refractivity contribution is -0.139. The second-order valence-corrected chi connectivity index (χ2v) is 7.25. The molecule has 152 valence electrons. The Kier molecular flexibility index (Phi) is 5.44. The topological polar surface area (TPSA) is 93.7 Å². The fourth-order valence-electron chi connectivity index (χ4n) is 3.92. The summed E-state index contributed by atoms with van der Waals surface area (Å²) in [5.74, 6) is 0.217. The van der Waals surface area contributed by atoms with Gasteiger partial charge in [-0.2, -0.15) is 0 Å². The fourth-order valence-corrected chi connectivity index (χ4v) is 3.92. The third kappa shape index (κ3) is 3.93. The van der Waals surface area contributed by atoms with Gasteiger partial charge in [-0.1, -0.05) is 30.3 Å². The number of benzene rings is 1. The van der Waals surface area contributed by atoms with Crippen LogP contribution in [0.3, 0.4) is 0 Å². The van der Waals surface area contributed by atoms with Crippen LogP contribution in [0.1, 0.15) is 24.1 Å². The molecule has 0 aliphatic carbocycles. The summed E-state index contributed by atoms with van der Waals surface area (Å²) in [5, 5.41) is 2.59. The predicted octanol–water partition coefficient (Wildman–Crippen LogP) is 1.89. The largest absolute Gasteiger partial charge is 0.468 e. The molecule has 1 saturated heterocycles. The molecule has 2 aliphatic rings. The molecule has 1 fully saturated rings. The van der Waals surface area contributed by atoms with Gasteiger partial charge in [0.1, 0.15) is 12.1 Å². The van der Waals surface area contributed by atoms with Gasteiger partial charge in [0.05, 0.1) is 19.4 Å². The van der Waals surface area contributed by atoms with Crippen molar-refractivity contribution in [3.05, 3.63) is 47.8 Å².